The molecule has 0 aliphatic carbocycles. The van der Waals surface area contributed by atoms with Gasteiger partial charge in [0, 0.05) is 5.56 Å². The van der Waals surface area contributed by atoms with Crippen LogP contribution in [-0.2, 0) is 20.2 Å². The Morgan fingerprint density at radius 2 is 1.38 bits per heavy atom. The van der Waals surface area contributed by atoms with Crippen LogP contribution < -0.4 is 22.6 Å². The van der Waals surface area contributed by atoms with Crippen LogP contribution in [0.25, 0.3) is 22.3 Å². The highest BCUT2D eigenvalue weighted by Gasteiger charge is 2.27. The van der Waals surface area contributed by atoms with E-state index in [2.05, 4.69) is 0 Å². The first-order valence-electron chi connectivity index (χ1n) is 11.5. The number of hydrogen-bond donors (Lipinski definition) is 0. The van der Waals surface area contributed by atoms with Crippen molar-refractivity contribution in [1.29, 1.82) is 0 Å². The lowest BCUT2D eigenvalue weighted by molar-refractivity contribution is 0.347. The summed E-state index contributed by atoms with van der Waals surface area (Å²) in [5.41, 5.74) is 2.28. The lowest BCUT2D eigenvalue weighted by Crippen LogP contribution is -2.10. The second-order valence-corrected chi connectivity index (χ2v) is 11.8. The maximum atomic E-state index is 13.6. The minimum absolute atomic E-state index is 0.0253. The van der Waals surface area contributed by atoms with Crippen molar-refractivity contribution < 1.29 is 43.8 Å². The zero-order chi connectivity index (χ0) is 29.0. The molecule has 0 saturated heterocycles. The van der Waals surface area contributed by atoms with Crippen LogP contribution in [0.4, 0.5) is 4.39 Å². The number of methoxy groups -OCH3 is 2. The van der Waals surface area contributed by atoms with Crippen LogP contribution in [0.2, 0.25) is 0 Å². The van der Waals surface area contributed by atoms with Crippen molar-refractivity contribution >= 4 is 20.2 Å². The molecule has 0 N–H and O–H groups in total. The maximum absolute atomic E-state index is 13.6. The minimum Gasteiger partial charge on any atom is -0.496 e. The van der Waals surface area contributed by atoms with E-state index in [1.165, 1.54) is 50.6 Å². The summed E-state index contributed by atoms with van der Waals surface area (Å²) in [7, 11) is -5.36. The highest BCUT2D eigenvalue weighted by Crippen LogP contribution is 2.51. The normalized spacial score (nSPS) is 11.5. The summed E-state index contributed by atoms with van der Waals surface area (Å²) in [6, 6.07) is 11.5. The highest BCUT2D eigenvalue weighted by atomic mass is 32.2. The molecule has 0 atom stereocenters. The number of ether oxygens (including phenoxy) is 3. The third-order valence-corrected chi connectivity index (χ3v) is 6.17. The van der Waals surface area contributed by atoms with E-state index in [9.17, 15) is 21.2 Å². The fourth-order valence-electron chi connectivity index (χ4n) is 3.64. The molecule has 0 fully saturated rings. The van der Waals surface area contributed by atoms with E-state index in [-0.39, 0.29) is 46.5 Å². The molecule has 3 rings (SSSR count). The molecule has 0 saturated carbocycles. The third-order valence-electron chi connectivity index (χ3n) is 5.22. The van der Waals surface area contributed by atoms with E-state index in [1.54, 1.807) is 18.2 Å². The predicted molar refractivity (Wildman–Crippen MR) is 146 cm³/mol. The van der Waals surface area contributed by atoms with Crippen molar-refractivity contribution in [2.24, 2.45) is 0 Å². The Labute approximate surface area is 228 Å². The zero-order valence-electron chi connectivity index (χ0n) is 22.3. The number of hydrogen-bond acceptors (Lipinski definition) is 9. The number of allylic oxidation sites excluding steroid dienone is 1. The molecule has 0 bridgehead atoms. The van der Waals surface area contributed by atoms with Gasteiger partial charge >= 0.3 is 20.2 Å². The van der Waals surface area contributed by atoms with Crippen LogP contribution in [0.15, 0.2) is 60.2 Å². The molecule has 12 heteroatoms. The standard InChI is InChI=1S/C27H29FO9S2/c1-17(2)13-14-35-22-12-9-19(15-23(22)36-38(5,29)30)25-24(33-3)16-21(18-7-10-20(28)11-8-18)26(34-4)27(25)37-39(6,31)32/h7-13,15-16H,14H2,1-6H3. The van der Waals surface area contributed by atoms with E-state index in [0.29, 0.717) is 11.1 Å². The molecule has 3 aromatic carbocycles. The second kappa shape index (κ2) is 12.0. The molecule has 210 valence electrons. The Kier molecular flexibility index (Phi) is 9.13. The fraction of sp³-hybridized carbons (Fsp3) is 0.259. The molecule has 0 unspecified atom stereocenters. The Bertz CT molecular complexity index is 1590. The van der Waals surface area contributed by atoms with Gasteiger partial charge in [0.15, 0.2) is 23.0 Å². The van der Waals surface area contributed by atoms with E-state index in [0.717, 1.165) is 18.1 Å². The summed E-state index contributed by atoms with van der Waals surface area (Å²) in [4.78, 5) is 0. The smallest absolute Gasteiger partial charge is 0.306 e. The van der Waals surface area contributed by atoms with Gasteiger partial charge in [-0.2, -0.15) is 16.8 Å². The molecular weight excluding hydrogens is 551 g/mol. The van der Waals surface area contributed by atoms with Gasteiger partial charge in [-0.15, -0.1) is 0 Å². The quantitative estimate of drug-likeness (QED) is 0.223. The van der Waals surface area contributed by atoms with E-state index < -0.39 is 26.1 Å². The van der Waals surface area contributed by atoms with Gasteiger partial charge in [-0.3, -0.25) is 0 Å². The number of rotatable bonds is 11. The Hall–Kier alpha value is -3.77. The van der Waals surface area contributed by atoms with Gasteiger partial charge in [0.05, 0.1) is 32.3 Å². The summed E-state index contributed by atoms with van der Waals surface area (Å²) in [5, 5.41) is 0. The molecule has 0 aliphatic heterocycles. The van der Waals surface area contributed by atoms with Crippen LogP contribution in [0.1, 0.15) is 13.8 Å². The van der Waals surface area contributed by atoms with Crippen molar-refractivity contribution in [3.05, 3.63) is 66.0 Å². The second-order valence-electron chi connectivity index (χ2n) is 8.70. The van der Waals surface area contributed by atoms with Crippen LogP contribution in [-0.4, -0.2) is 50.2 Å². The molecule has 9 nitrogen and oxygen atoms in total. The average Bonchev–Trinajstić information content (AvgIpc) is 2.82. The van der Waals surface area contributed by atoms with Gasteiger partial charge in [-0.25, -0.2) is 4.39 Å². The van der Waals surface area contributed by atoms with E-state index >= 15 is 0 Å². The van der Waals surface area contributed by atoms with Gasteiger partial charge in [-0.05, 0) is 61.4 Å². The first kappa shape index (κ1) is 29.8. The van der Waals surface area contributed by atoms with Crippen LogP contribution >= 0.6 is 0 Å². The van der Waals surface area contributed by atoms with Crippen LogP contribution in [0, 0.1) is 5.82 Å². The Morgan fingerprint density at radius 3 is 1.92 bits per heavy atom. The minimum atomic E-state index is -4.09. The van der Waals surface area contributed by atoms with Gasteiger partial charge in [-0.1, -0.05) is 23.8 Å². The van der Waals surface area contributed by atoms with Crippen molar-refractivity contribution in [2.75, 3.05) is 33.3 Å². The van der Waals surface area contributed by atoms with Crippen molar-refractivity contribution in [3.8, 4) is 51.0 Å². The van der Waals surface area contributed by atoms with Gasteiger partial charge < -0.3 is 22.6 Å². The van der Waals surface area contributed by atoms with Gasteiger partial charge in [0.25, 0.3) is 0 Å². The molecule has 0 aromatic heterocycles. The first-order valence-corrected chi connectivity index (χ1v) is 15.1. The summed E-state index contributed by atoms with van der Waals surface area (Å²) >= 11 is 0. The van der Waals surface area contributed by atoms with Crippen molar-refractivity contribution in [2.45, 2.75) is 13.8 Å². The molecule has 0 radical (unpaired) electrons. The van der Waals surface area contributed by atoms with Crippen molar-refractivity contribution in [3.63, 3.8) is 0 Å². The molecule has 39 heavy (non-hydrogen) atoms. The Morgan fingerprint density at radius 1 is 0.769 bits per heavy atom. The van der Waals surface area contributed by atoms with Crippen LogP contribution in [0.3, 0.4) is 0 Å². The van der Waals surface area contributed by atoms with E-state index in [1.807, 2.05) is 13.8 Å². The maximum Gasteiger partial charge on any atom is 0.306 e. The summed E-state index contributed by atoms with van der Waals surface area (Å²) in [6.07, 6.45) is 3.56. The van der Waals surface area contributed by atoms with Crippen LogP contribution in [0.5, 0.6) is 28.7 Å². The number of benzene rings is 3. The number of halogens is 1. The molecule has 0 amide bonds. The molecular formula is C27H29FO9S2. The summed E-state index contributed by atoms with van der Waals surface area (Å²) in [5.74, 6) is -0.483. The predicted octanol–water partition coefficient (Wildman–Crippen LogP) is 5.20. The topological polar surface area (TPSA) is 114 Å². The monoisotopic (exact) mass is 580 g/mol. The zero-order valence-corrected chi connectivity index (χ0v) is 23.9. The fourth-order valence-corrected chi connectivity index (χ4v) is 4.56. The lowest BCUT2D eigenvalue weighted by Gasteiger charge is -2.21. The summed E-state index contributed by atoms with van der Waals surface area (Å²) < 4.78 is 89.8. The van der Waals surface area contributed by atoms with Gasteiger partial charge in [0.2, 0.25) is 0 Å². The molecule has 0 heterocycles. The van der Waals surface area contributed by atoms with E-state index in [4.69, 9.17) is 22.6 Å². The largest absolute Gasteiger partial charge is 0.496 e. The lowest BCUT2D eigenvalue weighted by atomic mass is 9.96. The highest BCUT2D eigenvalue weighted by molar-refractivity contribution is 7.86. The first-order chi connectivity index (χ1) is 18.2. The van der Waals surface area contributed by atoms with Gasteiger partial charge in [0.1, 0.15) is 18.2 Å². The molecule has 3 aromatic rings. The third kappa shape index (κ3) is 7.87. The molecule has 0 aliphatic rings. The Balaban J connectivity index is 2.33. The van der Waals surface area contributed by atoms with Crippen molar-refractivity contribution in [1.82, 2.24) is 0 Å². The molecule has 0 spiro atoms. The average molecular weight is 581 g/mol. The SMILES string of the molecule is COc1cc(-c2ccc(F)cc2)c(OC)c(OS(C)(=O)=O)c1-c1ccc(OCC=C(C)C)c(OS(C)(=O)=O)c1. The summed E-state index contributed by atoms with van der Waals surface area (Å²) in [6.45, 7) is 3.94.